The summed E-state index contributed by atoms with van der Waals surface area (Å²) in [6.07, 6.45) is 1.05. The molecule has 0 fully saturated rings. The van der Waals surface area contributed by atoms with Gasteiger partial charge >= 0.3 is 8.80 Å². The van der Waals surface area contributed by atoms with E-state index in [0.717, 1.165) is 12.5 Å². The zero-order valence-electron chi connectivity index (χ0n) is 11.3. The van der Waals surface area contributed by atoms with Crippen molar-refractivity contribution in [1.82, 2.24) is 0 Å². The largest absolute Gasteiger partial charge is 0.500 e. The summed E-state index contributed by atoms with van der Waals surface area (Å²) in [4.78, 5) is 0. The summed E-state index contributed by atoms with van der Waals surface area (Å²) in [6.45, 7) is 10.1. The van der Waals surface area contributed by atoms with Crippen molar-refractivity contribution < 1.29 is 13.3 Å². The standard InChI is InChI=1S/C9H22O3Si.4H2S/c1-5-9-13(10-6-2,11-7-3)12-8-4;;;;/h5-9H2,1-4H3;4*1H2. The maximum absolute atomic E-state index is 5.65. The molecule has 0 aliphatic carbocycles. The molecule has 0 heterocycles. The molecule has 0 bridgehead atoms. The third-order valence-electron chi connectivity index (χ3n) is 1.65. The van der Waals surface area contributed by atoms with E-state index in [1.165, 1.54) is 0 Å². The summed E-state index contributed by atoms with van der Waals surface area (Å²) in [5, 5.41) is 0. The van der Waals surface area contributed by atoms with Gasteiger partial charge in [-0.2, -0.15) is 54.0 Å². The first-order chi connectivity index (χ1) is 6.24. The van der Waals surface area contributed by atoms with Crippen LogP contribution in [0.25, 0.3) is 0 Å². The summed E-state index contributed by atoms with van der Waals surface area (Å²) in [5.74, 6) is 0. The van der Waals surface area contributed by atoms with Crippen molar-refractivity contribution >= 4 is 62.8 Å². The summed E-state index contributed by atoms with van der Waals surface area (Å²) in [6, 6.07) is 0.919. The molecule has 0 aliphatic rings. The topological polar surface area (TPSA) is 27.7 Å². The molecule has 112 valence electrons. The van der Waals surface area contributed by atoms with Crippen LogP contribution in [0, 0.1) is 0 Å². The van der Waals surface area contributed by atoms with Crippen LogP contribution in [0.5, 0.6) is 0 Å². The highest BCUT2D eigenvalue weighted by Crippen LogP contribution is 2.17. The molecule has 0 aliphatic heterocycles. The van der Waals surface area contributed by atoms with E-state index in [2.05, 4.69) is 6.92 Å². The second-order valence-electron chi connectivity index (χ2n) is 2.73. The summed E-state index contributed by atoms with van der Waals surface area (Å²) in [7, 11) is -2.30. The Kier molecular flexibility index (Phi) is 36.3. The van der Waals surface area contributed by atoms with Crippen LogP contribution in [0.3, 0.4) is 0 Å². The van der Waals surface area contributed by atoms with E-state index in [1.54, 1.807) is 0 Å². The van der Waals surface area contributed by atoms with Crippen LogP contribution in [0.4, 0.5) is 0 Å². The Morgan fingerprint density at radius 1 is 0.647 bits per heavy atom. The second kappa shape index (κ2) is 19.8. The quantitative estimate of drug-likeness (QED) is 0.635. The fourth-order valence-corrected chi connectivity index (χ4v) is 3.92. The van der Waals surface area contributed by atoms with Gasteiger partial charge in [-0.3, -0.25) is 0 Å². The van der Waals surface area contributed by atoms with Gasteiger partial charge in [-0.1, -0.05) is 13.3 Å². The zero-order chi connectivity index (χ0) is 10.2. The van der Waals surface area contributed by atoms with Crippen LogP contribution in [-0.2, 0) is 13.3 Å². The Morgan fingerprint density at radius 2 is 0.941 bits per heavy atom. The van der Waals surface area contributed by atoms with Crippen molar-refractivity contribution in [3.8, 4) is 0 Å². The maximum Gasteiger partial charge on any atom is 0.500 e. The van der Waals surface area contributed by atoms with E-state index >= 15 is 0 Å². The third-order valence-corrected chi connectivity index (χ3v) is 4.95. The average molecular weight is 343 g/mol. The summed E-state index contributed by atoms with van der Waals surface area (Å²) >= 11 is 0. The predicted molar refractivity (Wildman–Crippen MR) is 97.3 cm³/mol. The van der Waals surface area contributed by atoms with Gasteiger partial charge in [0.1, 0.15) is 0 Å². The molecule has 0 aromatic carbocycles. The van der Waals surface area contributed by atoms with Crippen molar-refractivity contribution in [3.05, 3.63) is 0 Å². The first-order valence-corrected chi connectivity index (χ1v) is 7.09. The van der Waals surface area contributed by atoms with Gasteiger partial charge in [0.15, 0.2) is 0 Å². The first-order valence-electron chi connectivity index (χ1n) is 5.16. The molecule has 0 N–H and O–H groups in total. The molecule has 0 amide bonds. The average Bonchev–Trinajstić information content (AvgIpc) is 2.06. The minimum Gasteiger partial charge on any atom is -0.374 e. The van der Waals surface area contributed by atoms with Crippen molar-refractivity contribution in [3.63, 3.8) is 0 Å². The molecule has 0 radical (unpaired) electrons. The van der Waals surface area contributed by atoms with Crippen LogP contribution in [0.15, 0.2) is 0 Å². The molecule has 0 atom stereocenters. The van der Waals surface area contributed by atoms with Gasteiger partial charge < -0.3 is 13.3 Å². The lowest BCUT2D eigenvalue weighted by atomic mass is 10.6. The second-order valence-corrected chi connectivity index (χ2v) is 5.46. The molecule has 0 unspecified atom stereocenters. The molecular formula is C9H30O3S4Si. The molecule has 0 saturated heterocycles. The fourth-order valence-electron chi connectivity index (χ4n) is 1.31. The monoisotopic (exact) mass is 342 g/mol. The first kappa shape index (κ1) is 31.1. The predicted octanol–water partition coefficient (Wildman–Crippen LogP) is 2.90. The molecule has 8 heteroatoms. The van der Waals surface area contributed by atoms with E-state index in [-0.39, 0.29) is 54.0 Å². The number of rotatable bonds is 8. The van der Waals surface area contributed by atoms with E-state index in [0.29, 0.717) is 19.8 Å². The van der Waals surface area contributed by atoms with Crippen LogP contribution in [0.2, 0.25) is 6.04 Å². The normalized spacial score (nSPS) is 9.18. The van der Waals surface area contributed by atoms with Gasteiger partial charge in [0.05, 0.1) is 0 Å². The van der Waals surface area contributed by atoms with Gasteiger partial charge in [0.25, 0.3) is 0 Å². The Morgan fingerprint density at radius 3 is 1.12 bits per heavy atom. The van der Waals surface area contributed by atoms with Crippen LogP contribution in [-0.4, -0.2) is 28.6 Å². The van der Waals surface area contributed by atoms with Crippen molar-refractivity contribution in [2.24, 2.45) is 0 Å². The Labute approximate surface area is 136 Å². The molecule has 3 nitrogen and oxygen atoms in total. The van der Waals surface area contributed by atoms with Gasteiger partial charge in [-0.15, -0.1) is 0 Å². The lowest BCUT2D eigenvalue weighted by molar-refractivity contribution is 0.0712. The van der Waals surface area contributed by atoms with E-state index in [9.17, 15) is 0 Å². The van der Waals surface area contributed by atoms with Crippen LogP contribution in [0.1, 0.15) is 34.1 Å². The number of hydrogen-bond acceptors (Lipinski definition) is 3. The maximum atomic E-state index is 5.65. The highest BCUT2D eigenvalue weighted by molar-refractivity contribution is 7.59. The summed E-state index contributed by atoms with van der Waals surface area (Å²) < 4.78 is 16.9. The SMILES string of the molecule is CCC[Si](OCC)(OCC)OCC.S.S.S.S. The minimum absolute atomic E-state index is 0. The highest BCUT2D eigenvalue weighted by Gasteiger charge is 2.38. The van der Waals surface area contributed by atoms with E-state index in [4.69, 9.17) is 13.3 Å². The van der Waals surface area contributed by atoms with E-state index < -0.39 is 8.80 Å². The van der Waals surface area contributed by atoms with E-state index in [1.807, 2.05) is 20.8 Å². The summed E-state index contributed by atoms with van der Waals surface area (Å²) in [5.41, 5.74) is 0. The van der Waals surface area contributed by atoms with Crippen LogP contribution >= 0.6 is 54.0 Å². The van der Waals surface area contributed by atoms with Gasteiger partial charge in [-0.25, -0.2) is 0 Å². The van der Waals surface area contributed by atoms with Gasteiger partial charge in [0.2, 0.25) is 0 Å². The van der Waals surface area contributed by atoms with Crippen molar-refractivity contribution in [2.45, 2.75) is 40.2 Å². The highest BCUT2D eigenvalue weighted by atomic mass is 32.1. The minimum atomic E-state index is -2.30. The fraction of sp³-hybridized carbons (Fsp3) is 1.00. The molecule has 0 aromatic heterocycles. The Balaban J connectivity index is -0.000000120. The van der Waals surface area contributed by atoms with Gasteiger partial charge in [0, 0.05) is 25.9 Å². The molecule has 0 aromatic rings. The molecule has 0 rings (SSSR count). The smallest absolute Gasteiger partial charge is 0.374 e. The van der Waals surface area contributed by atoms with Gasteiger partial charge in [-0.05, 0) is 20.8 Å². The Hall–Kier alpha value is 1.50. The zero-order valence-corrected chi connectivity index (χ0v) is 16.3. The lowest BCUT2D eigenvalue weighted by Gasteiger charge is -2.27. The van der Waals surface area contributed by atoms with Crippen LogP contribution < -0.4 is 0 Å². The molecule has 0 spiro atoms. The van der Waals surface area contributed by atoms with Crippen molar-refractivity contribution in [2.75, 3.05) is 19.8 Å². The third kappa shape index (κ3) is 13.7. The van der Waals surface area contributed by atoms with Crippen molar-refractivity contribution in [1.29, 1.82) is 0 Å². The Bertz CT molecular complexity index is 103. The molecule has 0 saturated carbocycles. The molecule has 17 heavy (non-hydrogen) atoms. The number of hydrogen-bond donors (Lipinski definition) is 0. The lowest BCUT2D eigenvalue weighted by Crippen LogP contribution is -2.45. The molecular weight excluding hydrogens is 312 g/mol.